The Morgan fingerprint density at radius 3 is 2.79 bits per heavy atom. The van der Waals surface area contributed by atoms with Crippen molar-refractivity contribution in [3.05, 3.63) is 51.4 Å². The lowest BCUT2D eigenvalue weighted by atomic mass is 10.0. The van der Waals surface area contributed by atoms with E-state index in [2.05, 4.69) is 16.8 Å². The van der Waals surface area contributed by atoms with Gasteiger partial charge in [0.15, 0.2) is 0 Å². The minimum atomic E-state index is -0.564. The average Bonchev–Trinajstić information content (AvgIpc) is 3.11. The van der Waals surface area contributed by atoms with Crippen LogP contribution in [0.2, 0.25) is 0 Å². The standard InChI is InChI=1S/C22H29N3O3S/c1-4-10-25(11-16(26)13-28-5-2)12-19-23-21(27)20-18(14-29-22(20)24-19)17-9-7-6-8-15(17)3/h6-9,14,16,26H,4-5,10-13H2,1-3H3,(H,23,24,27). The van der Waals surface area contributed by atoms with Crippen molar-refractivity contribution in [2.75, 3.05) is 26.3 Å². The highest BCUT2D eigenvalue weighted by Crippen LogP contribution is 2.32. The number of benzene rings is 1. The van der Waals surface area contributed by atoms with E-state index in [4.69, 9.17) is 9.72 Å². The molecule has 1 aromatic carbocycles. The molecule has 1 atom stereocenters. The van der Waals surface area contributed by atoms with Crippen LogP contribution in [0.15, 0.2) is 34.4 Å². The van der Waals surface area contributed by atoms with E-state index in [-0.39, 0.29) is 5.56 Å². The number of hydrogen-bond donors (Lipinski definition) is 2. The Labute approximate surface area is 175 Å². The van der Waals surface area contributed by atoms with Gasteiger partial charge < -0.3 is 14.8 Å². The zero-order valence-corrected chi connectivity index (χ0v) is 18.1. The van der Waals surface area contributed by atoms with Crippen molar-refractivity contribution >= 4 is 21.6 Å². The molecule has 0 aliphatic rings. The number of H-pyrrole nitrogens is 1. The molecule has 0 saturated heterocycles. The SMILES string of the molecule is CCCN(Cc1nc2scc(-c3ccccc3C)c2c(=O)[nH]1)CC(O)COCC. The van der Waals surface area contributed by atoms with E-state index in [1.54, 1.807) is 0 Å². The van der Waals surface area contributed by atoms with Gasteiger partial charge in [0.2, 0.25) is 0 Å². The highest BCUT2D eigenvalue weighted by atomic mass is 32.1. The lowest BCUT2D eigenvalue weighted by Gasteiger charge is -2.24. The number of thiophene rings is 1. The molecule has 0 fully saturated rings. The van der Waals surface area contributed by atoms with Crippen molar-refractivity contribution in [2.45, 2.75) is 39.8 Å². The third kappa shape index (κ3) is 5.30. The first-order chi connectivity index (χ1) is 14.0. The van der Waals surface area contributed by atoms with Crippen LogP contribution in [0, 0.1) is 6.92 Å². The third-order valence-corrected chi connectivity index (χ3v) is 5.70. The van der Waals surface area contributed by atoms with Gasteiger partial charge in [-0.05, 0) is 37.9 Å². The predicted octanol–water partition coefficient (Wildman–Crippen LogP) is 3.57. The lowest BCUT2D eigenvalue weighted by molar-refractivity contribution is 0.0192. The van der Waals surface area contributed by atoms with Gasteiger partial charge in [-0.15, -0.1) is 11.3 Å². The molecule has 2 aromatic heterocycles. The summed E-state index contributed by atoms with van der Waals surface area (Å²) in [5.41, 5.74) is 3.01. The summed E-state index contributed by atoms with van der Waals surface area (Å²) < 4.78 is 5.31. The van der Waals surface area contributed by atoms with Crippen LogP contribution in [0.25, 0.3) is 21.3 Å². The quantitative estimate of drug-likeness (QED) is 0.529. The number of aliphatic hydroxyl groups is 1. The van der Waals surface area contributed by atoms with E-state index in [0.717, 1.165) is 34.5 Å². The van der Waals surface area contributed by atoms with Crippen LogP contribution in [0.3, 0.4) is 0 Å². The van der Waals surface area contributed by atoms with Gasteiger partial charge in [-0.3, -0.25) is 9.69 Å². The van der Waals surface area contributed by atoms with E-state index in [9.17, 15) is 9.90 Å². The topological polar surface area (TPSA) is 78.5 Å². The molecule has 6 nitrogen and oxygen atoms in total. The smallest absolute Gasteiger partial charge is 0.260 e. The molecule has 0 radical (unpaired) electrons. The predicted molar refractivity (Wildman–Crippen MR) is 118 cm³/mol. The number of hydrogen-bond acceptors (Lipinski definition) is 6. The van der Waals surface area contributed by atoms with Gasteiger partial charge in [0.05, 0.1) is 24.6 Å². The second kappa shape index (κ2) is 10.1. The summed E-state index contributed by atoms with van der Waals surface area (Å²) in [4.78, 5) is 23.4. The van der Waals surface area contributed by atoms with E-state index >= 15 is 0 Å². The largest absolute Gasteiger partial charge is 0.389 e. The van der Waals surface area contributed by atoms with Crippen molar-refractivity contribution < 1.29 is 9.84 Å². The number of fused-ring (bicyclic) bond motifs is 1. The number of aromatic nitrogens is 2. The number of rotatable bonds is 10. The van der Waals surface area contributed by atoms with E-state index in [0.29, 0.717) is 37.5 Å². The number of ether oxygens (including phenoxy) is 1. The summed E-state index contributed by atoms with van der Waals surface area (Å²) in [5, 5.41) is 12.8. The number of aliphatic hydroxyl groups excluding tert-OH is 1. The van der Waals surface area contributed by atoms with Crippen LogP contribution in [0.5, 0.6) is 0 Å². The van der Waals surface area contributed by atoms with Gasteiger partial charge in [0, 0.05) is 24.1 Å². The maximum atomic E-state index is 12.9. The minimum absolute atomic E-state index is 0.115. The molecule has 3 aromatic rings. The number of nitrogens with one attached hydrogen (secondary N) is 1. The fraction of sp³-hybridized carbons (Fsp3) is 0.455. The number of aryl methyl sites for hydroxylation is 1. The maximum absolute atomic E-state index is 12.9. The zero-order valence-electron chi connectivity index (χ0n) is 17.3. The first-order valence-electron chi connectivity index (χ1n) is 10.1. The monoisotopic (exact) mass is 415 g/mol. The summed E-state index contributed by atoms with van der Waals surface area (Å²) in [6.45, 7) is 8.72. The molecule has 0 aliphatic heterocycles. The van der Waals surface area contributed by atoms with E-state index in [1.807, 2.05) is 43.5 Å². The molecule has 0 bridgehead atoms. The Balaban J connectivity index is 1.85. The Bertz CT molecular complexity index is 998. The fourth-order valence-corrected chi connectivity index (χ4v) is 4.47. The van der Waals surface area contributed by atoms with Crippen LogP contribution in [-0.4, -0.2) is 52.4 Å². The van der Waals surface area contributed by atoms with Crippen LogP contribution in [-0.2, 0) is 11.3 Å². The Morgan fingerprint density at radius 1 is 1.28 bits per heavy atom. The van der Waals surface area contributed by atoms with Crippen molar-refractivity contribution in [1.29, 1.82) is 0 Å². The van der Waals surface area contributed by atoms with Crippen molar-refractivity contribution in [3.8, 4) is 11.1 Å². The molecule has 2 N–H and O–H groups in total. The Morgan fingerprint density at radius 2 is 2.07 bits per heavy atom. The number of aromatic amines is 1. The van der Waals surface area contributed by atoms with Crippen molar-refractivity contribution in [2.24, 2.45) is 0 Å². The van der Waals surface area contributed by atoms with Crippen LogP contribution in [0.4, 0.5) is 0 Å². The molecule has 0 saturated carbocycles. The molecule has 1 unspecified atom stereocenters. The summed E-state index contributed by atoms with van der Waals surface area (Å²) in [7, 11) is 0. The van der Waals surface area contributed by atoms with Gasteiger partial charge in [0.1, 0.15) is 10.7 Å². The zero-order chi connectivity index (χ0) is 20.8. The van der Waals surface area contributed by atoms with E-state index < -0.39 is 6.10 Å². The Kier molecular flexibility index (Phi) is 7.55. The van der Waals surface area contributed by atoms with E-state index in [1.165, 1.54) is 11.3 Å². The molecular weight excluding hydrogens is 386 g/mol. The molecule has 0 aliphatic carbocycles. The van der Waals surface area contributed by atoms with Crippen molar-refractivity contribution in [3.63, 3.8) is 0 Å². The lowest BCUT2D eigenvalue weighted by Crippen LogP contribution is -2.36. The molecule has 7 heteroatoms. The molecule has 0 spiro atoms. The van der Waals surface area contributed by atoms with Crippen molar-refractivity contribution in [1.82, 2.24) is 14.9 Å². The summed E-state index contributed by atoms with van der Waals surface area (Å²) in [6.07, 6.45) is 0.385. The first kappa shape index (κ1) is 21.6. The Hall–Kier alpha value is -2.06. The second-order valence-electron chi connectivity index (χ2n) is 7.21. The van der Waals surface area contributed by atoms with Crippen LogP contribution >= 0.6 is 11.3 Å². The minimum Gasteiger partial charge on any atom is -0.389 e. The highest BCUT2D eigenvalue weighted by Gasteiger charge is 2.17. The molecule has 2 heterocycles. The maximum Gasteiger partial charge on any atom is 0.260 e. The second-order valence-corrected chi connectivity index (χ2v) is 8.06. The summed E-state index contributed by atoms with van der Waals surface area (Å²) in [6, 6.07) is 8.06. The summed E-state index contributed by atoms with van der Waals surface area (Å²) >= 11 is 1.49. The molecular formula is C22H29N3O3S. The molecule has 0 amide bonds. The normalized spacial score (nSPS) is 12.7. The third-order valence-electron chi connectivity index (χ3n) is 4.82. The van der Waals surface area contributed by atoms with Crippen LogP contribution in [0.1, 0.15) is 31.7 Å². The molecule has 29 heavy (non-hydrogen) atoms. The van der Waals surface area contributed by atoms with Gasteiger partial charge in [-0.1, -0.05) is 31.2 Å². The van der Waals surface area contributed by atoms with Gasteiger partial charge in [0.25, 0.3) is 5.56 Å². The van der Waals surface area contributed by atoms with Gasteiger partial charge in [-0.25, -0.2) is 4.98 Å². The van der Waals surface area contributed by atoms with Gasteiger partial charge >= 0.3 is 0 Å². The molecule has 3 rings (SSSR count). The first-order valence-corrected chi connectivity index (χ1v) is 11.0. The summed E-state index contributed by atoms with van der Waals surface area (Å²) in [5.74, 6) is 0.623. The number of nitrogens with zero attached hydrogens (tertiary/aromatic N) is 2. The fourth-order valence-electron chi connectivity index (χ4n) is 3.51. The average molecular weight is 416 g/mol. The molecule has 156 valence electrons. The van der Waals surface area contributed by atoms with Gasteiger partial charge in [-0.2, -0.15) is 0 Å². The van der Waals surface area contributed by atoms with Crippen LogP contribution < -0.4 is 5.56 Å². The highest BCUT2D eigenvalue weighted by molar-refractivity contribution is 7.17.